The Hall–Kier alpha value is -2.37. The molecule has 0 spiro atoms. The van der Waals surface area contributed by atoms with Gasteiger partial charge in [0.05, 0.1) is 11.6 Å². The van der Waals surface area contributed by atoms with E-state index in [9.17, 15) is 8.78 Å². The van der Waals surface area contributed by atoms with Crippen LogP contribution in [0.1, 0.15) is 17.2 Å². The molecular formula is C16H13F2N3. The van der Waals surface area contributed by atoms with E-state index in [1.54, 1.807) is 6.20 Å². The Morgan fingerprint density at radius 3 is 2.62 bits per heavy atom. The van der Waals surface area contributed by atoms with Crippen LogP contribution in [-0.2, 0) is 0 Å². The minimum atomic E-state index is -0.897. The van der Waals surface area contributed by atoms with E-state index in [-0.39, 0.29) is 0 Å². The highest BCUT2D eigenvalue weighted by molar-refractivity contribution is 5.82. The Balaban J connectivity index is 2.16. The minimum Gasteiger partial charge on any atom is -0.271 e. The fourth-order valence-corrected chi connectivity index (χ4v) is 2.44. The zero-order chi connectivity index (χ0) is 14.8. The third kappa shape index (κ3) is 2.49. The first kappa shape index (κ1) is 13.6. The Bertz CT molecular complexity index is 784. The van der Waals surface area contributed by atoms with Crippen LogP contribution in [0.5, 0.6) is 0 Å². The molecule has 21 heavy (non-hydrogen) atoms. The molecule has 1 aromatic heterocycles. The summed E-state index contributed by atoms with van der Waals surface area (Å²) >= 11 is 0. The lowest BCUT2D eigenvalue weighted by Gasteiger charge is -2.19. The van der Waals surface area contributed by atoms with E-state index >= 15 is 0 Å². The Morgan fingerprint density at radius 2 is 1.86 bits per heavy atom. The summed E-state index contributed by atoms with van der Waals surface area (Å²) < 4.78 is 26.5. The van der Waals surface area contributed by atoms with Gasteiger partial charge in [0.15, 0.2) is 11.6 Å². The second-order valence-electron chi connectivity index (χ2n) is 4.69. The number of rotatable bonds is 3. The van der Waals surface area contributed by atoms with Crippen molar-refractivity contribution in [3.63, 3.8) is 0 Å². The molecule has 106 valence electrons. The summed E-state index contributed by atoms with van der Waals surface area (Å²) in [7, 11) is 0. The minimum absolute atomic E-state index is 0.451. The molecule has 0 aliphatic rings. The van der Waals surface area contributed by atoms with E-state index in [0.29, 0.717) is 5.56 Å². The molecule has 3 aromatic rings. The zero-order valence-corrected chi connectivity index (χ0v) is 11.1. The largest absolute Gasteiger partial charge is 0.271 e. The highest BCUT2D eigenvalue weighted by Gasteiger charge is 2.17. The van der Waals surface area contributed by atoms with Gasteiger partial charge in [0, 0.05) is 11.6 Å². The van der Waals surface area contributed by atoms with Crippen LogP contribution >= 0.6 is 0 Å². The molecule has 0 radical (unpaired) electrons. The molecule has 3 nitrogen and oxygen atoms in total. The van der Waals surface area contributed by atoms with Gasteiger partial charge in [0.1, 0.15) is 0 Å². The molecule has 5 heteroatoms. The number of benzene rings is 2. The van der Waals surface area contributed by atoms with Gasteiger partial charge >= 0.3 is 0 Å². The summed E-state index contributed by atoms with van der Waals surface area (Å²) in [6, 6.07) is 12.7. The maximum atomic E-state index is 13.4. The maximum absolute atomic E-state index is 13.4. The van der Waals surface area contributed by atoms with E-state index in [4.69, 9.17) is 5.84 Å². The number of hydrogen-bond donors (Lipinski definition) is 2. The second-order valence-corrected chi connectivity index (χ2v) is 4.69. The third-order valence-corrected chi connectivity index (χ3v) is 3.43. The number of nitrogens with zero attached hydrogens (tertiary/aromatic N) is 1. The lowest BCUT2D eigenvalue weighted by atomic mass is 9.95. The number of nitrogens with two attached hydrogens (primary N) is 1. The van der Waals surface area contributed by atoms with Crippen molar-refractivity contribution in [3.05, 3.63) is 77.5 Å². The SMILES string of the molecule is NNC(c1ccc(F)c(F)c1)c1cccc2ncccc12. The van der Waals surface area contributed by atoms with Crippen LogP contribution in [0.25, 0.3) is 10.9 Å². The monoisotopic (exact) mass is 285 g/mol. The van der Waals surface area contributed by atoms with Gasteiger partial charge in [-0.05, 0) is 35.4 Å². The van der Waals surface area contributed by atoms with Crippen molar-refractivity contribution in [2.24, 2.45) is 5.84 Å². The van der Waals surface area contributed by atoms with Crippen molar-refractivity contribution >= 4 is 10.9 Å². The number of nitrogens with one attached hydrogen (secondary N) is 1. The van der Waals surface area contributed by atoms with Gasteiger partial charge in [0.25, 0.3) is 0 Å². The molecule has 3 N–H and O–H groups in total. The molecule has 1 unspecified atom stereocenters. The Labute approximate surface area is 120 Å². The zero-order valence-electron chi connectivity index (χ0n) is 11.1. The van der Waals surface area contributed by atoms with Crippen molar-refractivity contribution in [2.75, 3.05) is 0 Å². The third-order valence-electron chi connectivity index (χ3n) is 3.43. The van der Waals surface area contributed by atoms with Crippen LogP contribution in [0.3, 0.4) is 0 Å². The number of fused-ring (bicyclic) bond motifs is 1. The molecule has 0 saturated carbocycles. The summed E-state index contributed by atoms with van der Waals surface area (Å²) in [5, 5.41) is 0.910. The lowest BCUT2D eigenvalue weighted by Crippen LogP contribution is -2.29. The van der Waals surface area contributed by atoms with Crippen LogP contribution in [0.15, 0.2) is 54.7 Å². The van der Waals surface area contributed by atoms with Crippen LogP contribution in [0, 0.1) is 11.6 Å². The molecule has 1 heterocycles. The molecular weight excluding hydrogens is 272 g/mol. The lowest BCUT2D eigenvalue weighted by molar-refractivity contribution is 0.504. The van der Waals surface area contributed by atoms with E-state index in [1.165, 1.54) is 6.07 Å². The summed E-state index contributed by atoms with van der Waals surface area (Å²) in [6.45, 7) is 0. The van der Waals surface area contributed by atoms with Gasteiger partial charge in [-0.2, -0.15) is 0 Å². The fourth-order valence-electron chi connectivity index (χ4n) is 2.44. The van der Waals surface area contributed by atoms with Crippen molar-refractivity contribution in [1.29, 1.82) is 0 Å². The summed E-state index contributed by atoms with van der Waals surface area (Å²) in [4.78, 5) is 4.28. The average Bonchev–Trinajstić information content (AvgIpc) is 2.52. The van der Waals surface area contributed by atoms with E-state index < -0.39 is 17.7 Å². The second kappa shape index (κ2) is 5.55. The van der Waals surface area contributed by atoms with Gasteiger partial charge in [-0.25, -0.2) is 14.2 Å². The van der Waals surface area contributed by atoms with Crippen LogP contribution in [0.2, 0.25) is 0 Å². The van der Waals surface area contributed by atoms with Gasteiger partial charge in [-0.15, -0.1) is 0 Å². The van der Waals surface area contributed by atoms with Crippen LogP contribution in [-0.4, -0.2) is 4.98 Å². The first-order valence-corrected chi connectivity index (χ1v) is 6.45. The first-order chi connectivity index (χ1) is 10.2. The first-order valence-electron chi connectivity index (χ1n) is 6.45. The van der Waals surface area contributed by atoms with Gasteiger partial charge in [-0.3, -0.25) is 10.8 Å². The van der Waals surface area contributed by atoms with Crippen molar-refractivity contribution in [2.45, 2.75) is 6.04 Å². The molecule has 0 aliphatic carbocycles. The molecule has 3 rings (SSSR count). The fraction of sp³-hybridized carbons (Fsp3) is 0.0625. The van der Waals surface area contributed by atoms with Gasteiger partial charge in [-0.1, -0.05) is 24.3 Å². The highest BCUT2D eigenvalue weighted by atomic mass is 19.2. The van der Waals surface area contributed by atoms with Crippen LogP contribution < -0.4 is 11.3 Å². The molecule has 2 aromatic carbocycles. The molecule has 0 aliphatic heterocycles. The summed E-state index contributed by atoms with van der Waals surface area (Å²) in [6.07, 6.45) is 1.70. The van der Waals surface area contributed by atoms with Crippen molar-refractivity contribution in [3.8, 4) is 0 Å². The van der Waals surface area contributed by atoms with Gasteiger partial charge in [0.2, 0.25) is 0 Å². The number of pyridine rings is 1. The Morgan fingerprint density at radius 1 is 1.00 bits per heavy atom. The predicted molar refractivity (Wildman–Crippen MR) is 77.3 cm³/mol. The predicted octanol–water partition coefficient (Wildman–Crippen LogP) is 3.07. The quantitative estimate of drug-likeness (QED) is 0.574. The van der Waals surface area contributed by atoms with Crippen molar-refractivity contribution in [1.82, 2.24) is 10.4 Å². The summed E-state index contributed by atoms with van der Waals surface area (Å²) in [5.41, 5.74) is 4.88. The molecule has 0 fully saturated rings. The number of hydrazine groups is 1. The molecule has 0 saturated heterocycles. The number of aromatic nitrogens is 1. The Kier molecular flexibility index (Phi) is 3.60. The van der Waals surface area contributed by atoms with E-state index in [2.05, 4.69) is 10.4 Å². The number of halogens is 2. The topological polar surface area (TPSA) is 50.9 Å². The smallest absolute Gasteiger partial charge is 0.159 e. The molecule has 1 atom stereocenters. The molecule has 0 bridgehead atoms. The summed E-state index contributed by atoms with van der Waals surface area (Å²) in [5.74, 6) is 3.85. The van der Waals surface area contributed by atoms with E-state index in [0.717, 1.165) is 28.6 Å². The average molecular weight is 285 g/mol. The van der Waals surface area contributed by atoms with E-state index in [1.807, 2.05) is 30.3 Å². The van der Waals surface area contributed by atoms with Crippen molar-refractivity contribution < 1.29 is 8.78 Å². The molecule has 0 amide bonds. The highest BCUT2D eigenvalue weighted by Crippen LogP contribution is 2.28. The maximum Gasteiger partial charge on any atom is 0.159 e. The standard InChI is InChI=1S/C16H13F2N3/c17-13-7-6-10(9-14(13)18)16(21-19)12-3-1-5-15-11(12)4-2-8-20-15/h1-9,16,21H,19H2. The van der Waals surface area contributed by atoms with Crippen LogP contribution in [0.4, 0.5) is 8.78 Å². The normalized spacial score (nSPS) is 12.5. The number of hydrogen-bond acceptors (Lipinski definition) is 3. The van der Waals surface area contributed by atoms with Gasteiger partial charge < -0.3 is 0 Å².